The quantitative estimate of drug-likeness (QED) is 0.198. The van der Waals surface area contributed by atoms with Gasteiger partial charge in [-0.25, -0.2) is 17.6 Å². The zero-order chi connectivity index (χ0) is 21.4. The molecule has 0 aromatic heterocycles. The molecule has 0 unspecified atom stereocenters. The molecule has 0 saturated carbocycles. The third-order valence-electron chi connectivity index (χ3n) is 4.48. The fourth-order valence-electron chi connectivity index (χ4n) is 2.21. The summed E-state index contributed by atoms with van der Waals surface area (Å²) in [5.74, 6) is -4.02. The summed E-state index contributed by atoms with van der Waals surface area (Å²) < 4.78 is 63.0. The Bertz CT molecular complexity index is 834. The van der Waals surface area contributed by atoms with Crippen molar-refractivity contribution in [2.24, 2.45) is 0 Å². The van der Waals surface area contributed by atoms with Crippen LogP contribution in [0.2, 0.25) is 10.0 Å². The minimum Gasteiger partial charge on any atom is -0.399 e. The summed E-state index contributed by atoms with van der Waals surface area (Å²) in [4.78, 5) is 0. The monoisotopic (exact) mass is 500 g/mol. The number of hydrogen-bond donors (Lipinski definition) is 0. The fraction of sp³-hybridized carbons (Fsp3) is 0.333. The van der Waals surface area contributed by atoms with Gasteiger partial charge in [-0.05, 0) is 57.4 Å². The molecule has 1 fully saturated rings. The van der Waals surface area contributed by atoms with Crippen molar-refractivity contribution in [1.29, 1.82) is 0 Å². The minimum absolute atomic E-state index is 0.216. The van der Waals surface area contributed by atoms with Crippen LogP contribution in [-0.2, 0) is 9.31 Å². The van der Waals surface area contributed by atoms with E-state index in [0.717, 1.165) is 12.1 Å². The summed E-state index contributed by atoms with van der Waals surface area (Å²) in [5, 5.41) is -0.494. The molecule has 152 valence electrons. The lowest BCUT2D eigenvalue weighted by Crippen LogP contribution is -2.41. The Morgan fingerprint density at radius 1 is 0.786 bits per heavy atom. The molecule has 28 heavy (non-hydrogen) atoms. The van der Waals surface area contributed by atoms with E-state index in [1.807, 2.05) is 27.7 Å². The number of halogens is 7. The van der Waals surface area contributed by atoms with Gasteiger partial charge in [0.1, 0.15) is 0 Å². The van der Waals surface area contributed by atoms with Crippen molar-refractivity contribution in [3.05, 3.63) is 62.1 Å². The summed E-state index contributed by atoms with van der Waals surface area (Å²) in [5.41, 5.74) is -0.693. The Balaban J connectivity index is 0.000000237. The van der Waals surface area contributed by atoms with Gasteiger partial charge in [-0.3, -0.25) is 0 Å². The van der Waals surface area contributed by atoms with Gasteiger partial charge in [0.15, 0.2) is 23.3 Å². The highest BCUT2D eigenvalue weighted by Crippen LogP contribution is 2.36. The summed E-state index contributed by atoms with van der Waals surface area (Å²) in [7, 11) is -0.748. The molecule has 1 aliphatic rings. The van der Waals surface area contributed by atoms with Crippen molar-refractivity contribution in [1.82, 2.24) is 0 Å². The van der Waals surface area contributed by atoms with Crippen LogP contribution in [0.15, 0.2) is 28.7 Å². The highest BCUT2D eigenvalue weighted by atomic mass is 79.9. The SMILES string of the molecule is CC1(C)OB(c2cc(F)c(F)c(Cl)c2)OC1(C)C.Fc1cc(Br)cc(Cl)c1F. The largest absolute Gasteiger partial charge is 0.494 e. The van der Waals surface area contributed by atoms with Crippen molar-refractivity contribution >= 4 is 51.7 Å². The van der Waals surface area contributed by atoms with Crippen LogP contribution < -0.4 is 5.46 Å². The Morgan fingerprint density at radius 2 is 1.21 bits per heavy atom. The molecule has 0 spiro atoms. The lowest BCUT2D eigenvalue weighted by Gasteiger charge is -2.32. The van der Waals surface area contributed by atoms with E-state index >= 15 is 0 Å². The Kier molecular flexibility index (Phi) is 7.15. The molecule has 10 heteroatoms. The van der Waals surface area contributed by atoms with Crippen LogP contribution in [0.5, 0.6) is 0 Å². The van der Waals surface area contributed by atoms with Crippen molar-refractivity contribution in [2.45, 2.75) is 38.9 Å². The van der Waals surface area contributed by atoms with E-state index in [2.05, 4.69) is 15.9 Å². The molecule has 1 saturated heterocycles. The molecule has 0 bridgehead atoms. The first kappa shape index (κ1) is 23.5. The van der Waals surface area contributed by atoms with Gasteiger partial charge in [0, 0.05) is 4.47 Å². The van der Waals surface area contributed by atoms with Gasteiger partial charge in [-0.15, -0.1) is 0 Å². The third-order valence-corrected chi connectivity index (χ3v) is 5.49. The average Bonchev–Trinajstić information content (AvgIpc) is 2.78. The first-order valence-corrected chi connectivity index (χ1v) is 9.60. The molecule has 1 aliphatic heterocycles. The average molecular weight is 502 g/mol. The minimum atomic E-state index is -1.06. The maximum Gasteiger partial charge on any atom is 0.494 e. The van der Waals surface area contributed by atoms with Gasteiger partial charge in [-0.1, -0.05) is 39.1 Å². The highest BCUT2D eigenvalue weighted by molar-refractivity contribution is 9.10. The first-order chi connectivity index (χ1) is 12.7. The van der Waals surface area contributed by atoms with Crippen LogP contribution in [0, 0.1) is 23.3 Å². The summed E-state index contributed by atoms with van der Waals surface area (Å²) in [6.07, 6.45) is 0. The van der Waals surface area contributed by atoms with Crippen LogP contribution in [-0.4, -0.2) is 18.3 Å². The number of rotatable bonds is 1. The van der Waals surface area contributed by atoms with E-state index in [1.165, 1.54) is 12.1 Å². The van der Waals surface area contributed by atoms with Crippen LogP contribution in [0.4, 0.5) is 17.6 Å². The van der Waals surface area contributed by atoms with Crippen molar-refractivity contribution in [2.75, 3.05) is 0 Å². The molecular formula is C18H16BBrCl2F4O2. The second-order valence-corrected chi connectivity index (χ2v) is 8.80. The lowest BCUT2D eigenvalue weighted by atomic mass is 9.79. The van der Waals surface area contributed by atoms with Crippen molar-refractivity contribution in [3.63, 3.8) is 0 Å². The highest BCUT2D eigenvalue weighted by Gasteiger charge is 2.51. The third kappa shape index (κ3) is 5.03. The molecule has 1 heterocycles. The topological polar surface area (TPSA) is 18.5 Å². The van der Waals surface area contributed by atoms with E-state index in [9.17, 15) is 17.6 Å². The van der Waals surface area contributed by atoms with Crippen LogP contribution in [0.25, 0.3) is 0 Å². The molecule has 3 rings (SSSR count). The number of hydrogen-bond acceptors (Lipinski definition) is 2. The first-order valence-electron chi connectivity index (χ1n) is 8.05. The van der Waals surface area contributed by atoms with E-state index in [-0.39, 0.29) is 10.0 Å². The maximum atomic E-state index is 13.3. The summed E-state index contributed by atoms with van der Waals surface area (Å²) >= 11 is 13.8. The molecule has 0 amide bonds. The second kappa shape index (κ2) is 8.52. The smallest absolute Gasteiger partial charge is 0.399 e. The lowest BCUT2D eigenvalue weighted by molar-refractivity contribution is 0.00578. The zero-order valence-electron chi connectivity index (χ0n) is 15.3. The van der Waals surface area contributed by atoms with Gasteiger partial charge >= 0.3 is 7.12 Å². The zero-order valence-corrected chi connectivity index (χ0v) is 18.4. The predicted molar refractivity (Wildman–Crippen MR) is 106 cm³/mol. The molecular weight excluding hydrogens is 486 g/mol. The number of benzene rings is 2. The van der Waals surface area contributed by atoms with E-state index in [0.29, 0.717) is 9.94 Å². The molecule has 0 N–H and O–H groups in total. The molecule has 0 atom stereocenters. The van der Waals surface area contributed by atoms with Crippen molar-refractivity contribution in [3.8, 4) is 0 Å². The molecule has 2 aromatic carbocycles. The molecule has 0 radical (unpaired) electrons. The van der Waals surface area contributed by atoms with Gasteiger partial charge in [-0.2, -0.15) is 0 Å². The van der Waals surface area contributed by atoms with Gasteiger partial charge < -0.3 is 9.31 Å². The van der Waals surface area contributed by atoms with E-state index < -0.39 is 41.6 Å². The van der Waals surface area contributed by atoms with Crippen LogP contribution >= 0.6 is 39.1 Å². The van der Waals surface area contributed by atoms with Gasteiger partial charge in [0.05, 0.1) is 21.2 Å². The summed E-state index contributed by atoms with van der Waals surface area (Å²) in [6, 6.07) is 4.67. The molecule has 2 nitrogen and oxygen atoms in total. The Morgan fingerprint density at radius 3 is 1.64 bits per heavy atom. The van der Waals surface area contributed by atoms with E-state index in [4.69, 9.17) is 32.5 Å². The van der Waals surface area contributed by atoms with E-state index in [1.54, 1.807) is 0 Å². The Labute approximate surface area is 179 Å². The molecule has 0 aliphatic carbocycles. The standard InChI is InChI=1S/C12H14BClF2O2.C6H2BrClF2/c1-11(2)12(3,4)18-13(17-11)7-5-8(14)10(16)9(15)6-7;7-3-1-4(8)6(10)5(9)2-3/h5-6H,1-4H3;1-2H. The maximum absolute atomic E-state index is 13.3. The molecule has 2 aromatic rings. The van der Waals surface area contributed by atoms with Crippen molar-refractivity contribution < 1.29 is 26.9 Å². The van der Waals surface area contributed by atoms with Crippen LogP contribution in [0.1, 0.15) is 27.7 Å². The summed E-state index contributed by atoms with van der Waals surface area (Å²) in [6.45, 7) is 7.53. The predicted octanol–water partition coefficient (Wildman–Crippen LogP) is 6.30. The van der Waals surface area contributed by atoms with Gasteiger partial charge in [0.2, 0.25) is 0 Å². The van der Waals surface area contributed by atoms with Gasteiger partial charge in [0.25, 0.3) is 0 Å². The second-order valence-electron chi connectivity index (χ2n) is 7.07. The van der Waals surface area contributed by atoms with Crippen LogP contribution in [0.3, 0.4) is 0 Å². The Hall–Kier alpha value is -0.795. The normalized spacial score (nSPS) is 17.3. The fourth-order valence-corrected chi connectivity index (χ4v) is 3.20.